The Morgan fingerprint density at radius 1 is 1.18 bits per heavy atom. The Balaban J connectivity index is 1.91. The summed E-state index contributed by atoms with van der Waals surface area (Å²) >= 11 is 0. The lowest BCUT2D eigenvalue weighted by Gasteiger charge is -2.08. The molecule has 3 heterocycles. The Kier molecular flexibility index (Phi) is 2.89. The number of rotatable bonds is 3. The van der Waals surface area contributed by atoms with Crippen molar-refractivity contribution in [2.45, 2.75) is 0 Å². The van der Waals surface area contributed by atoms with Gasteiger partial charge in [-0.1, -0.05) is 6.07 Å². The topological polar surface area (TPSA) is 63.9 Å². The van der Waals surface area contributed by atoms with Gasteiger partial charge in [0.1, 0.15) is 11.4 Å². The predicted molar refractivity (Wildman–Crippen MR) is 83.6 cm³/mol. The van der Waals surface area contributed by atoms with E-state index in [9.17, 15) is 0 Å². The van der Waals surface area contributed by atoms with Crippen LogP contribution in [0.4, 0.5) is 0 Å². The third-order valence-corrected chi connectivity index (χ3v) is 3.66. The van der Waals surface area contributed by atoms with E-state index in [4.69, 9.17) is 9.15 Å². The van der Waals surface area contributed by atoms with E-state index in [1.807, 2.05) is 36.5 Å². The Hall–Kier alpha value is -3.08. The van der Waals surface area contributed by atoms with E-state index in [1.54, 1.807) is 19.5 Å². The van der Waals surface area contributed by atoms with Gasteiger partial charge in [0.25, 0.3) is 0 Å². The number of aromatic amines is 1. The van der Waals surface area contributed by atoms with Gasteiger partial charge in [0.2, 0.25) is 0 Å². The molecule has 108 valence electrons. The van der Waals surface area contributed by atoms with Crippen molar-refractivity contribution >= 4 is 11.0 Å². The minimum atomic E-state index is 0.677. The normalized spacial score (nSPS) is 11.0. The maximum Gasteiger partial charge on any atom is 0.181 e. The molecular formula is C17H13N3O2. The lowest BCUT2D eigenvalue weighted by Crippen LogP contribution is -1.88. The summed E-state index contributed by atoms with van der Waals surface area (Å²) in [5.41, 5.74) is 3.89. The number of fused-ring (bicyclic) bond motifs is 1. The quantitative estimate of drug-likeness (QED) is 0.622. The van der Waals surface area contributed by atoms with E-state index in [1.165, 1.54) is 6.39 Å². The van der Waals surface area contributed by atoms with Crippen molar-refractivity contribution in [1.82, 2.24) is 15.0 Å². The van der Waals surface area contributed by atoms with Crippen LogP contribution in [-0.2, 0) is 0 Å². The molecule has 0 unspecified atom stereocenters. The molecule has 0 bridgehead atoms. The van der Waals surface area contributed by atoms with Gasteiger partial charge in [0.15, 0.2) is 12.2 Å². The fraction of sp³-hybridized carbons (Fsp3) is 0.0588. The van der Waals surface area contributed by atoms with Crippen molar-refractivity contribution in [2.75, 3.05) is 7.11 Å². The number of nitrogens with one attached hydrogen (secondary N) is 1. The highest BCUT2D eigenvalue weighted by Gasteiger charge is 2.13. The van der Waals surface area contributed by atoms with Crippen molar-refractivity contribution in [3.63, 3.8) is 0 Å². The first-order valence-electron chi connectivity index (χ1n) is 6.86. The number of nitrogens with zero attached hydrogens (tertiary/aromatic N) is 2. The van der Waals surface area contributed by atoms with Gasteiger partial charge in [0, 0.05) is 23.3 Å². The fourth-order valence-electron chi connectivity index (χ4n) is 2.61. The number of pyridine rings is 1. The number of methoxy groups -OCH3 is 1. The minimum Gasteiger partial charge on any atom is -0.496 e. The largest absolute Gasteiger partial charge is 0.496 e. The fourth-order valence-corrected chi connectivity index (χ4v) is 2.61. The third kappa shape index (κ3) is 1.95. The molecular weight excluding hydrogens is 278 g/mol. The van der Waals surface area contributed by atoms with Crippen LogP contribution < -0.4 is 4.74 Å². The lowest BCUT2D eigenvalue weighted by atomic mass is 10.0. The average molecular weight is 291 g/mol. The third-order valence-electron chi connectivity index (χ3n) is 3.66. The van der Waals surface area contributed by atoms with Crippen LogP contribution in [0.25, 0.3) is 33.5 Å². The molecule has 0 saturated carbocycles. The van der Waals surface area contributed by atoms with Gasteiger partial charge in [-0.25, -0.2) is 9.97 Å². The summed E-state index contributed by atoms with van der Waals surface area (Å²) in [6, 6.07) is 9.97. The van der Waals surface area contributed by atoms with E-state index < -0.39 is 0 Å². The highest BCUT2D eigenvalue weighted by atomic mass is 16.5. The smallest absolute Gasteiger partial charge is 0.181 e. The standard InChI is InChI=1S/C17H13N3O2/c1-21-15-5-4-11(7-13(15)16-9-18-10-22-16)14-8-20-17-12(14)3-2-6-19-17/h2-10H,1H3,(H,19,20). The first-order valence-corrected chi connectivity index (χ1v) is 6.86. The number of benzene rings is 1. The number of H-pyrrole nitrogens is 1. The number of aromatic nitrogens is 3. The van der Waals surface area contributed by atoms with Gasteiger partial charge in [-0.15, -0.1) is 0 Å². The minimum absolute atomic E-state index is 0.677. The van der Waals surface area contributed by atoms with Gasteiger partial charge in [-0.2, -0.15) is 0 Å². The second-order valence-electron chi connectivity index (χ2n) is 4.88. The van der Waals surface area contributed by atoms with Gasteiger partial charge in [0.05, 0.1) is 18.9 Å². The molecule has 5 heteroatoms. The number of oxazole rings is 1. The second-order valence-corrected chi connectivity index (χ2v) is 4.88. The molecule has 0 aliphatic carbocycles. The summed E-state index contributed by atoms with van der Waals surface area (Å²) in [5, 5.41) is 1.08. The second kappa shape index (κ2) is 5.04. The van der Waals surface area contributed by atoms with Gasteiger partial charge in [-0.05, 0) is 29.8 Å². The molecule has 0 aliphatic rings. The maximum absolute atomic E-state index is 5.42. The number of ether oxygens (including phenoxy) is 1. The molecule has 1 N–H and O–H groups in total. The number of hydrogen-bond acceptors (Lipinski definition) is 4. The molecule has 0 atom stereocenters. The first kappa shape index (κ1) is 12.6. The summed E-state index contributed by atoms with van der Waals surface area (Å²) in [4.78, 5) is 11.5. The molecule has 0 saturated heterocycles. The molecule has 5 nitrogen and oxygen atoms in total. The van der Waals surface area contributed by atoms with Crippen LogP contribution in [0.3, 0.4) is 0 Å². The molecule has 4 aromatic rings. The van der Waals surface area contributed by atoms with Crippen molar-refractivity contribution in [3.05, 3.63) is 55.3 Å². The molecule has 1 aromatic carbocycles. The Labute approximate surface area is 126 Å². The zero-order valence-corrected chi connectivity index (χ0v) is 11.9. The molecule has 22 heavy (non-hydrogen) atoms. The highest BCUT2D eigenvalue weighted by Crippen LogP contribution is 2.36. The van der Waals surface area contributed by atoms with E-state index in [0.29, 0.717) is 5.76 Å². The average Bonchev–Trinajstić information content (AvgIpc) is 3.24. The van der Waals surface area contributed by atoms with E-state index in [-0.39, 0.29) is 0 Å². The molecule has 0 radical (unpaired) electrons. The SMILES string of the molecule is COc1ccc(-c2c[nH]c3ncccc23)cc1-c1cnco1. The van der Waals surface area contributed by atoms with Crippen molar-refractivity contribution in [2.24, 2.45) is 0 Å². The maximum atomic E-state index is 5.42. The van der Waals surface area contributed by atoms with E-state index in [2.05, 4.69) is 15.0 Å². The van der Waals surface area contributed by atoms with Crippen LogP contribution in [0.15, 0.2) is 59.7 Å². The molecule has 3 aromatic heterocycles. The van der Waals surface area contributed by atoms with E-state index >= 15 is 0 Å². The summed E-state index contributed by atoms with van der Waals surface area (Å²) in [7, 11) is 1.64. The first-order chi connectivity index (χ1) is 10.9. The van der Waals surface area contributed by atoms with Crippen LogP contribution in [0.5, 0.6) is 5.75 Å². The van der Waals surface area contributed by atoms with Crippen LogP contribution in [-0.4, -0.2) is 22.1 Å². The van der Waals surface area contributed by atoms with Crippen molar-refractivity contribution in [3.8, 4) is 28.2 Å². The van der Waals surface area contributed by atoms with Crippen LogP contribution in [0.1, 0.15) is 0 Å². The highest BCUT2D eigenvalue weighted by molar-refractivity contribution is 5.94. The van der Waals surface area contributed by atoms with Gasteiger partial charge >= 0.3 is 0 Å². The summed E-state index contributed by atoms with van der Waals surface area (Å²) < 4.78 is 10.8. The number of hydrogen-bond donors (Lipinski definition) is 1. The molecule has 0 aliphatic heterocycles. The van der Waals surface area contributed by atoms with Crippen LogP contribution in [0.2, 0.25) is 0 Å². The van der Waals surface area contributed by atoms with Crippen LogP contribution >= 0.6 is 0 Å². The zero-order valence-electron chi connectivity index (χ0n) is 11.9. The van der Waals surface area contributed by atoms with Gasteiger partial charge in [-0.3, -0.25) is 0 Å². The monoisotopic (exact) mass is 291 g/mol. The van der Waals surface area contributed by atoms with Crippen molar-refractivity contribution in [1.29, 1.82) is 0 Å². The zero-order chi connectivity index (χ0) is 14.9. The predicted octanol–water partition coefficient (Wildman–Crippen LogP) is 3.89. The van der Waals surface area contributed by atoms with Crippen LogP contribution in [0, 0.1) is 0 Å². The Bertz CT molecular complexity index is 926. The molecule has 0 spiro atoms. The van der Waals surface area contributed by atoms with Crippen molar-refractivity contribution < 1.29 is 9.15 Å². The van der Waals surface area contributed by atoms with Gasteiger partial charge < -0.3 is 14.1 Å². The summed E-state index contributed by atoms with van der Waals surface area (Å²) in [6.45, 7) is 0. The molecule has 4 rings (SSSR count). The lowest BCUT2D eigenvalue weighted by molar-refractivity contribution is 0.414. The van der Waals surface area contributed by atoms with E-state index in [0.717, 1.165) is 33.5 Å². The Morgan fingerprint density at radius 3 is 2.95 bits per heavy atom. The summed E-state index contributed by atoms with van der Waals surface area (Å²) in [5.74, 6) is 1.43. The molecule has 0 fully saturated rings. The molecule has 0 amide bonds. The Morgan fingerprint density at radius 2 is 2.14 bits per heavy atom. The summed E-state index contributed by atoms with van der Waals surface area (Å²) in [6.07, 6.45) is 6.83.